The SMILES string of the molecule is COc1ccc(C2CC(c3ccc([N+](=O)[O-])s3)NC3C(C#N)C(SC)=NN23)cc1OC. The molecule has 1 aromatic heterocycles. The highest BCUT2D eigenvalue weighted by Crippen LogP contribution is 2.45. The van der Waals surface area contributed by atoms with Gasteiger partial charge in [-0.15, -0.1) is 11.8 Å². The van der Waals surface area contributed by atoms with E-state index in [9.17, 15) is 15.4 Å². The molecule has 11 heteroatoms. The molecule has 4 unspecified atom stereocenters. The van der Waals surface area contributed by atoms with Crippen LogP contribution in [0.25, 0.3) is 0 Å². The molecule has 3 heterocycles. The Balaban J connectivity index is 1.75. The lowest BCUT2D eigenvalue weighted by Crippen LogP contribution is -2.52. The lowest BCUT2D eigenvalue weighted by atomic mass is 9.92. The molecule has 162 valence electrons. The maximum absolute atomic E-state index is 11.2. The Kier molecular flexibility index (Phi) is 6.04. The zero-order chi connectivity index (χ0) is 22.1. The van der Waals surface area contributed by atoms with Gasteiger partial charge in [0, 0.05) is 17.0 Å². The minimum absolute atomic E-state index is 0.103. The molecule has 1 saturated heterocycles. The molecule has 2 aromatic rings. The van der Waals surface area contributed by atoms with Crippen molar-refractivity contribution in [2.45, 2.75) is 24.7 Å². The maximum atomic E-state index is 11.2. The second-order valence-corrected chi connectivity index (χ2v) is 9.01. The fraction of sp³-hybridized carbons (Fsp3) is 0.400. The standard InChI is InChI=1S/C20H21N5O4S2/c1-28-15-5-4-11(8-16(15)29-2)14-9-13(17-6-7-18(31-17)25(26)27)22-19-12(10-21)20(30-3)23-24(14)19/h4-8,12-14,19,22H,9H2,1-3H3. The molecule has 0 radical (unpaired) electrons. The smallest absolute Gasteiger partial charge is 0.324 e. The normalized spacial score (nSPS) is 24.8. The van der Waals surface area contributed by atoms with Crippen LogP contribution >= 0.6 is 23.1 Å². The van der Waals surface area contributed by atoms with Crippen LogP contribution in [0.5, 0.6) is 11.5 Å². The second kappa shape index (κ2) is 8.74. The van der Waals surface area contributed by atoms with Crippen LogP contribution in [0.3, 0.4) is 0 Å². The van der Waals surface area contributed by atoms with E-state index in [0.717, 1.165) is 26.8 Å². The van der Waals surface area contributed by atoms with Gasteiger partial charge >= 0.3 is 5.00 Å². The summed E-state index contributed by atoms with van der Waals surface area (Å²) in [4.78, 5) is 11.7. The lowest BCUT2D eigenvalue weighted by Gasteiger charge is -2.42. The van der Waals surface area contributed by atoms with Gasteiger partial charge in [0.25, 0.3) is 0 Å². The minimum Gasteiger partial charge on any atom is -0.493 e. The molecule has 1 aromatic carbocycles. The predicted octanol–water partition coefficient (Wildman–Crippen LogP) is 3.91. The molecule has 1 fully saturated rings. The third-order valence-corrected chi connectivity index (χ3v) is 7.41. The molecule has 0 bridgehead atoms. The summed E-state index contributed by atoms with van der Waals surface area (Å²) >= 11 is 2.62. The van der Waals surface area contributed by atoms with Crippen LogP contribution in [0.4, 0.5) is 5.00 Å². The maximum Gasteiger partial charge on any atom is 0.324 e. The third-order valence-electron chi connectivity index (χ3n) is 5.51. The first kappa shape index (κ1) is 21.4. The highest BCUT2D eigenvalue weighted by molar-refractivity contribution is 8.13. The number of nitrogens with one attached hydrogen (secondary N) is 1. The molecular formula is C20H21N5O4S2. The van der Waals surface area contributed by atoms with Gasteiger partial charge in [-0.05, 0) is 36.4 Å². The van der Waals surface area contributed by atoms with Crippen molar-refractivity contribution in [3.05, 3.63) is 50.9 Å². The molecule has 0 spiro atoms. The number of nitriles is 1. The topological polar surface area (TPSA) is 113 Å². The number of nitrogens with zero attached hydrogens (tertiary/aromatic N) is 4. The van der Waals surface area contributed by atoms with Gasteiger partial charge in [-0.25, -0.2) is 0 Å². The van der Waals surface area contributed by atoms with Gasteiger partial charge in [-0.1, -0.05) is 17.4 Å². The van der Waals surface area contributed by atoms with E-state index < -0.39 is 5.92 Å². The van der Waals surface area contributed by atoms with Gasteiger partial charge in [0.1, 0.15) is 17.1 Å². The number of fused-ring (bicyclic) bond motifs is 1. The highest BCUT2D eigenvalue weighted by Gasteiger charge is 2.46. The molecule has 9 nitrogen and oxygen atoms in total. The number of benzene rings is 1. The average molecular weight is 460 g/mol. The van der Waals surface area contributed by atoms with Crippen molar-refractivity contribution in [2.75, 3.05) is 20.5 Å². The van der Waals surface area contributed by atoms with Gasteiger partial charge in [-0.2, -0.15) is 10.4 Å². The number of nitro groups is 1. The number of hydrogen-bond acceptors (Lipinski definition) is 10. The van der Waals surface area contributed by atoms with Crippen LogP contribution in [0.2, 0.25) is 0 Å². The fourth-order valence-electron chi connectivity index (χ4n) is 4.04. The average Bonchev–Trinajstić information content (AvgIpc) is 3.42. The second-order valence-electron chi connectivity index (χ2n) is 7.09. The van der Waals surface area contributed by atoms with E-state index in [1.807, 2.05) is 29.5 Å². The van der Waals surface area contributed by atoms with Crippen molar-refractivity contribution in [2.24, 2.45) is 11.0 Å². The summed E-state index contributed by atoms with van der Waals surface area (Å²) in [7, 11) is 3.18. The minimum atomic E-state index is -0.421. The van der Waals surface area contributed by atoms with Crippen LogP contribution in [0.15, 0.2) is 35.4 Å². The van der Waals surface area contributed by atoms with Gasteiger partial charge in [0.05, 0.1) is 31.3 Å². The summed E-state index contributed by atoms with van der Waals surface area (Å²) < 4.78 is 10.8. The molecule has 1 N–H and O–H groups in total. The van der Waals surface area contributed by atoms with Gasteiger partial charge in [-0.3, -0.25) is 20.4 Å². The van der Waals surface area contributed by atoms with Gasteiger partial charge in [0.2, 0.25) is 0 Å². The van der Waals surface area contributed by atoms with Crippen molar-refractivity contribution < 1.29 is 14.4 Å². The van der Waals surface area contributed by atoms with Crippen molar-refractivity contribution >= 4 is 33.1 Å². The lowest BCUT2D eigenvalue weighted by molar-refractivity contribution is -0.380. The number of thioether (sulfide) groups is 1. The third kappa shape index (κ3) is 3.82. The molecule has 4 rings (SSSR count). The van der Waals surface area contributed by atoms with Crippen molar-refractivity contribution in [3.8, 4) is 17.6 Å². The van der Waals surface area contributed by atoms with Crippen molar-refractivity contribution in [1.29, 1.82) is 5.26 Å². The Morgan fingerprint density at radius 2 is 2.10 bits per heavy atom. The van der Waals surface area contributed by atoms with E-state index in [1.54, 1.807) is 20.3 Å². The molecule has 0 amide bonds. The van der Waals surface area contributed by atoms with Gasteiger partial charge < -0.3 is 9.47 Å². The molecule has 31 heavy (non-hydrogen) atoms. The van der Waals surface area contributed by atoms with Gasteiger partial charge in [0.15, 0.2) is 11.5 Å². The summed E-state index contributed by atoms with van der Waals surface area (Å²) in [6.07, 6.45) is 2.21. The number of hydrogen-bond donors (Lipinski definition) is 1. The molecule has 2 aliphatic rings. The Morgan fingerprint density at radius 1 is 1.32 bits per heavy atom. The van der Waals surface area contributed by atoms with E-state index in [4.69, 9.17) is 14.6 Å². The van der Waals surface area contributed by atoms with Crippen LogP contribution in [0.1, 0.15) is 28.9 Å². The molecule has 0 saturated carbocycles. The van der Waals surface area contributed by atoms with Crippen LogP contribution in [-0.2, 0) is 0 Å². The molecular weight excluding hydrogens is 438 g/mol. The number of ether oxygens (including phenoxy) is 2. The first-order chi connectivity index (χ1) is 15.0. The Hall–Kier alpha value is -2.81. The van der Waals surface area contributed by atoms with Crippen molar-refractivity contribution in [3.63, 3.8) is 0 Å². The zero-order valence-corrected chi connectivity index (χ0v) is 18.8. The van der Waals surface area contributed by atoms with E-state index in [2.05, 4.69) is 11.4 Å². The summed E-state index contributed by atoms with van der Waals surface area (Å²) in [6.45, 7) is 0. The van der Waals surface area contributed by atoms with E-state index in [-0.39, 0.29) is 28.2 Å². The summed E-state index contributed by atoms with van der Waals surface area (Å²) in [5, 5.41) is 32.0. The molecule has 4 atom stereocenters. The zero-order valence-electron chi connectivity index (χ0n) is 17.1. The summed E-state index contributed by atoms with van der Waals surface area (Å²) in [5.74, 6) is 0.825. The summed E-state index contributed by atoms with van der Waals surface area (Å²) in [5.41, 5.74) is 0.975. The number of thiophene rings is 1. The number of methoxy groups -OCH3 is 2. The number of hydrazone groups is 1. The quantitative estimate of drug-likeness (QED) is 0.529. The van der Waals surface area contributed by atoms with Crippen molar-refractivity contribution in [1.82, 2.24) is 10.3 Å². The van der Waals surface area contributed by atoms with Crippen LogP contribution in [-0.4, -0.2) is 41.6 Å². The number of rotatable bonds is 5. The largest absolute Gasteiger partial charge is 0.493 e. The van der Waals surface area contributed by atoms with Crippen LogP contribution in [0, 0.1) is 27.4 Å². The molecule has 0 aliphatic carbocycles. The Bertz CT molecular complexity index is 1070. The fourth-order valence-corrected chi connectivity index (χ4v) is 5.54. The monoisotopic (exact) mass is 459 g/mol. The van der Waals surface area contributed by atoms with E-state index in [0.29, 0.717) is 17.9 Å². The first-order valence-corrected chi connectivity index (χ1v) is 11.6. The Labute approximate surface area is 187 Å². The Morgan fingerprint density at radius 3 is 2.71 bits per heavy atom. The van der Waals surface area contributed by atoms with E-state index >= 15 is 0 Å². The van der Waals surface area contributed by atoms with Crippen LogP contribution < -0.4 is 14.8 Å². The predicted molar refractivity (Wildman–Crippen MR) is 119 cm³/mol. The highest BCUT2D eigenvalue weighted by atomic mass is 32.2. The first-order valence-electron chi connectivity index (χ1n) is 9.53. The van der Waals surface area contributed by atoms with E-state index in [1.165, 1.54) is 17.8 Å². The summed E-state index contributed by atoms with van der Waals surface area (Å²) in [6, 6.07) is 11.1. The molecule has 2 aliphatic heterocycles.